The van der Waals surface area contributed by atoms with E-state index in [0.29, 0.717) is 13.0 Å². The molecule has 0 aromatic rings. The number of aliphatic carboxylic acids is 3. The minimum atomic E-state index is -1.07. The molecule has 0 amide bonds. The lowest BCUT2D eigenvalue weighted by Crippen LogP contribution is -2.36. The molecule has 4 N–H and O–H groups in total. The van der Waals surface area contributed by atoms with Crippen molar-refractivity contribution >= 4 is 17.9 Å². The molecule has 22 heavy (non-hydrogen) atoms. The highest BCUT2D eigenvalue weighted by Crippen LogP contribution is 2.28. The SMILES string of the molecule is CC(/C=C/C[C@@H](C)C(=O)O)=C1\CN[C@H](C(=O)O)C1CC(=O)O. The predicted octanol–water partition coefficient (Wildman–Crippen LogP) is 1.12. The molecule has 1 aliphatic heterocycles. The van der Waals surface area contributed by atoms with Gasteiger partial charge in [0.05, 0.1) is 12.3 Å². The fraction of sp³-hybridized carbons (Fsp3) is 0.533. The van der Waals surface area contributed by atoms with Gasteiger partial charge >= 0.3 is 17.9 Å². The number of nitrogens with one attached hydrogen (secondary N) is 1. The average Bonchev–Trinajstić information content (AvgIpc) is 2.81. The van der Waals surface area contributed by atoms with Crippen LogP contribution in [0.5, 0.6) is 0 Å². The summed E-state index contributed by atoms with van der Waals surface area (Å²) in [7, 11) is 0. The highest BCUT2D eigenvalue weighted by molar-refractivity contribution is 5.78. The summed E-state index contributed by atoms with van der Waals surface area (Å²) >= 11 is 0. The Morgan fingerprint density at radius 2 is 1.95 bits per heavy atom. The van der Waals surface area contributed by atoms with Crippen LogP contribution < -0.4 is 5.32 Å². The van der Waals surface area contributed by atoms with Gasteiger partial charge in [-0.3, -0.25) is 14.4 Å². The number of rotatable bonds is 7. The Balaban J connectivity index is 2.89. The van der Waals surface area contributed by atoms with Crippen LogP contribution in [0.4, 0.5) is 0 Å². The van der Waals surface area contributed by atoms with Crippen molar-refractivity contribution in [1.82, 2.24) is 5.32 Å². The van der Waals surface area contributed by atoms with Gasteiger partial charge < -0.3 is 20.6 Å². The van der Waals surface area contributed by atoms with E-state index in [2.05, 4.69) is 5.32 Å². The van der Waals surface area contributed by atoms with Gasteiger partial charge in [0.1, 0.15) is 6.04 Å². The van der Waals surface area contributed by atoms with Gasteiger partial charge in [0.2, 0.25) is 0 Å². The summed E-state index contributed by atoms with van der Waals surface area (Å²) < 4.78 is 0. The summed E-state index contributed by atoms with van der Waals surface area (Å²) in [4.78, 5) is 32.9. The normalized spacial score (nSPS) is 25.2. The third-order valence-corrected chi connectivity index (χ3v) is 3.81. The maximum absolute atomic E-state index is 11.2. The zero-order chi connectivity index (χ0) is 16.9. The van der Waals surface area contributed by atoms with E-state index >= 15 is 0 Å². The van der Waals surface area contributed by atoms with Gasteiger partial charge in [-0.25, -0.2) is 0 Å². The molecule has 3 atom stereocenters. The van der Waals surface area contributed by atoms with E-state index in [0.717, 1.165) is 11.1 Å². The molecule has 0 saturated carbocycles. The van der Waals surface area contributed by atoms with Crippen molar-refractivity contribution in [3.63, 3.8) is 0 Å². The molecule has 1 unspecified atom stereocenters. The van der Waals surface area contributed by atoms with E-state index in [1.165, 1.54) is 0 Å². The first-order valence-corrected chi connectivity index (χ1v) is 7.01. The van der Waals surface area contributed by atoms with Gasteiger partial charge in [-0.05, 0) is 18.9 Å². The van der Waals surface area contributed by atoms with Crippen LogP contribution in [0.1, 0.15) is 26.7 Å². The summed E-state index contributed by atoms with van der Waals surface area (Å²) in [5.41, 5.74) is 1.52. The molecule has 1 rings (SSSR count). The van der Waals surface area contributed by atoms with Gasteiger partial charge in [-0.1, -0.05) is 24.6 Å². The molecule has 122 valence electrons. The van der Waals surface area contributed by atoms with Crippen molar-refractivity contribution in [3.05, 3.63) is 23.3 Å². The van der Waals surface area contributed by atoms with Crippen molar-refractivity contribution < 1.29 is 29.7 Å². The monoisotopic (exact) mass is 311 g/mol. The molecular formula is C15H21NO6. The first kappa shape index (κ1) is 17.9. The zero-order valence-corrected chi connectivity index (χ0v) is 12.6. The second-order valence-corrected chi connectivity index (χ2v) is 5.49. The van der Waals surface area contributed by atoms with Crippen LogP contribution in [0.3, 0.4) is 0 Å². The van der Waals surface area contributed by atoms with Crippen molar-refractivity contribution in [2.45, 2.75) is 32.7 Å². The van der Waals surface area contributed by atoms with Crippen LogP contribution in [0.25, 0.3) is 0 Å². The van der Waals surface area contributed by atoms with Crippen LogP contribution in [-0.2, 0) is 14.4 Å². The van der Waals surface area contributed by atoms with Crippen molar-refractivity contribution in [3.8, 4) is 0 Å². The maximum atomic E-state index is 11.2. The van der Waals surface area contributed by atoms with Crippen LogP contribution in [-0.4, -0.2) is 45.8 Å². The first-order chi connectivity index (χ1) is 10.2. The summed E-state index contributed by atoms with van der Waals surface area (Å²) in [6, 6.07) is -0.910. The lowest BCUT2D eigenvalue weighted by Gasteiger charge is -2.15. The Morgan fingerprint density at radius 3 is 2.45 bits per heavy atom. The molecule has 0 bridgehead atoms. The number of hydrogen-bond donors (Lipinski definition) is 4. The summed E-state index contributed by atoms with van der Waals surface area (Å²) in [5, 5.41) is 29.7. The molecule has 1 saturated heterocycles. The van der Waals surface area contributed by atoms with Gasteiger partial charge in [0.25, 0.3) is 0 Å². The molecule has 1 aliphatic rings. The van der Waals surface area contributed by atoms with Crippen LogP contribution >= 0.6 is 0 Å². The van der Waals surface area contributed by atoms with Crippen molar-refractivity contribution in [2.24, 2.45) is 11.8 Å². The second kappa shape index (κ2) is 7.74. The number of allylic oxidation sites excluding steroid dienone is 3. The average molecular weight is 311 g/mol. The minimum Gasteiger partial charge on any atom is -0.481 e. The number of hydrogen-bond acceptors (Lipinski definition) is 4. The Kier molecular flexibility index (Phi) is 6.30. The molecule has 1 heterocycles. The molecule has 0 aromatic heterocycles. The Labute approximate surface area is 128 Å². The van der Waals surface area contributed by atoms with Crippen LogP contribution in [0.2, 0.25) is 0 Å². The van der Waals surface area contributed by atoms with Crippen molar-refractivity contribution in [2.75, 3.05) is 6.54 Å². The summed E-state index contributed by atoms with van der Waals surface area (Å²) in [5.74, 6) is -4.10. The molecule has 0 spiro atoms. The minimum absolute atomic E-state index is 0.254. The molecule has 1 fully saturated rings. The fourth-order valence-electron chi connectivity index (χ4n) is 2.47. The highest BCUT2D eigenvalue weighted by Gasteiger charge is 2.38. The quantitative estimate of drug-likeness (QED) is 0.555. The van der Waals surface area contributed by atoms with E-state index in [-0.39, 0.29) is 6.42 Å². The van der Waals surface area contributed by atoms with Crippen molar-refractivity contribution in [1.29, 1.82) is 0 Å². The number of carbonyl (C=O) groups is 3. The topological polar surface area (TPSA) is 124 Å². The lowest BCUT2D eigenvalue weighted by atomic mass is 9.89. The molecule has 7 heteroatoms. The lowest BCUT2D eigenvalue weighted by molar-refractivity contribution is -0.142. The van der Waals surface area contributed by atoms with Gasteiger partial charge in [0.15, 0.2) is 0 Å². The Morgan fingerprint density at radius 1 is 1.32 bits per heavy atom. The van der Waals surface area contributed by atoms with E-state index < -0.39 is 35.8 Å². The van der Waals surface area contributed by atoms with Crippen LogP contribution in [0.15, 0.2) is 23.3 Å². The molecular weight excluding hydrogens is 290 g/mol. The van der Waals surface area contributed by atoms with E-state index in [4.69, 9.17) is 15.3 Å². The summed E-state index contributed by atoms with van der Waals surface area (Å²) in [6.07, 6.45) is 3.55. The van der Waals surface area contributed by atoms with E-state index in [1.807, 2.05) is 0 Å². The third-order valence-electron chi connectivity index (χ3n) is 3.81. The largest absolute Gasteiger partial charge is 0.481 e. The molecule has 7 nitrogen and oxygen atoms in total. The van der Waals surface area contributed by atoms with E-state index in [9.17, 15) is 14.4 Å². The first-order valence-electron chi connectivity index (χ1n) is 7.01. The smallest absolute Gasteiger partial charge is 0.321 e. The third kappa shape index (κ3) is 4.70. The summed E-state index contributed by atoms with van der Waals surface area (Å²) in [6.45, 7) is 3.69. The zero-order valence-electron chi connectivity index (χ0n) is 12.6. The van der Waals surface area contributed by atoms with Gasteiger partial charge in [0, 0.05) is 12.5 Å². The molecule has 0 radical (unpaired) electrons. The maximum Gasteiger partial charge on any atom is 0.321 e. The van der Waals surface area contributed by atoms with Crippen LogP contribution in [0, 0.1) is 11.8 Å². The number of carboxylic acid groups (broad SMARTS) is 3. The standard InChI is InChI=1S/C15H21NO6/c1-8(4-3-5-9(2)14(19)20)11-7-16-13(15(21)22)10(11)6-12(17)18/h3-4,9-10,13,16H,5-7H2,1-2H3,(H,17,18)(H,19,20)(H,21,22)/b4-3+,11-8-/t9-,10?,13+/m1/s1. The number of carboxylic acids is 3. The Hall–Kier alpha value is -2.15. The van der Waals surface area contributed by atoms with E-state index in [1.54, 1.807) is 26.0 Å². The van der Waals surface area contributed by atoms with Gasteiger partial charge in [-0.2, -0.15) is 0 Å². The Bertz CT molecular complexity index is 522. The molecule has 0 aliphatic carbocycles. The van der Waals surface area contributed by atoms with Gasteiger partial charge in [-0.15, -0.1) is 0 Å². The molecule has 0 aromatic carbocycles. The second-order valence-electron chi connectivity index (χ2n) is 5.49. The fourth-order valence-corrected chi connectivity index (χ4v) is 2.47. The predicted molar refractivity (Wildman–Crippen MR) is 78.4 cm³/mol. The highest BCUT2D eigenvalue weighted by atomic mass is 16.4.